The van der Waals surface area contributed by atoms with Crippen LogP contribution in [-0.2, 0) is 9.53 Å². The summed E-state index contributed by atoms with van der Waals surface area (Å²) in [6.07, 6.45) is 7.56. The van der Waals surface area contributed by atoms with E-state index in [1.54, 1.807) is 6.92 Å². The Balaban J connectivity index is 1.35. The summed E-state index contributed by atoms with van der Waals surface area (Å²) >= 11 is 3.96. The van der Waals surface area contributed by atoms with E-state index in [0.717, 1.165) is 102 Å². The van der Waals surface area contributed by atoms with Crippen LogP contribution in [0.2, 0.25) is 0 Å². The molecule has 0 radical (unpaired) electrons. The molecule has 2 aliphatic heterocycles. The molecule has 7 nitrogen and oxygen atoms in total. The van der Waals surface area contributed by atoms with Crippen molar-refractivity contribution < 1.29 is 19.1 Å². The fourth-order valence-corrected chi connectivity index (χ4v) is 11.6. The topological polar surface area (TPSA) is 56.2 Å². The lowest BCUT2D eigenvalue weighted by atomic mass is 9.42. The Morgan fingerprint density at radius 2 is 1.62 bits per heavy atom. The SMILES string of the molecule is CC(=O)O[C@H]1[C@@H](N2CC[N+](C)(C)CC2)C[C@H]2[C@@H]3C[C@@H](N4CCN(C)CC4)[C@@]4(O)CC(Br)CC[C@]4(C)[C@H]3CC[C@@]21C. The molecule has 2 saturated heterocycles. The highest BCUT2D eigenvalue weighted by Gasteiger charge is 2.70. The third-order valence-corrected chi connectivity index (χ3v) is 14.2. The van der Waals surface area contributed by atoms with Gasteiger partial charge in [0.2, 0.25) is 0 Å². The number of carbonyl (C=O) groups is 1. The van der Waals surface area contributed by atoms with E-state index in [2.05, 4.69) is 65.6 Å². The molecule has 8 heteroatoms. The first-order valence-corrected chi connectivity index (χ1v) is 17.2. The Morgan fingerprint density at radius 1 is 0.950 bits per heavy atom. The molecule has 2 heterocycles. The van der Waals surface area contributed by atoms with Gasteiger partial charge in [0.1, 0.15) is 6.10 Å². The third-order valence-electron chi connectivity index (χ3n) is 13.5. The van der Waals surface area contributed by atoms with Gasteiger partial charge in [0.25, 0.3) is 0 Å². The lowest BCUT2D eigenvalue weighted by Gasteiger charge is -2.67. The number of halogens is 1. The zero-order chi connectivity index (χ0) is 28.7. The van der Waals surface area contributed by atoms with Crippen molar-refractivity contribution in [1.29, 1.82) is 0 Å². The lowest BCUT2D eigenvalue weighted by Crippen LogP contribution is -2.72. The minimum atomic E-state index is -0.659. The summed E-state index contributed by atoms with van der Waals surface area (Å²) in [5, 5.41) is 12.9. The summed E-state index contributed by atoms with van der Waals surface area (Å²) in [5.74, 6) is 1.51. The number of nitrogens with zero attached hydrogens (tertiary/aromatic N) is 4. The smallest absolute Gasteiger partial charge is 0.302 e. The van der Waals surface area contributed by atoms with Crippen molar-refractivity contribution in [2.24, 2.45) is 28.6 Å². The predicted molar refractivity (Wildman–Crippen MR) is 162 cm³/mol. The number of esters is 1. The van der Waals surface area contributed by atoms with E-state index in [1.807, 2.05) is 0 Å². The maximum Gasteiger partial charge on any atom is 0.302 e. The number of carbonyl (C=O) groups excluding carboxylic acids is 1. The Bertz CT molecular complexity index is 964. The average molecular weight is 625 g/mol. The van der Waals surface area contributed by atoms with Gasteiger partial charge in [-0.05, 0) is 69.7 Å². The number of piperazine rings is 2. The number of quaternary nitrogens is 1. The fourth-order valence-electron chi connectivity index (χ4n) is 10.9. The summed E-state index contributed by atoms with van der Waals surface area (Å²) < 4.78 is 7.42. The van der Waals surface area contributed by atoms with Crippen molar-refractivity contribution in [1.82, 2.24) is 14.7 Å². The highest BCUT2D eigenvalue weighted by atomic mass is 79.9. The van der Waals surface area contributed by atoms with Crippen molar-refractivity contribution in [3.05, 3.63) is 0 Å². The standard InChI is InChI=1S/C32H56BrN4O3/c1-22(38)40-29-27(35-15-17-37(5,6)18-16-35)20-26-24-19-28(36-13-11-34(4)12-14-36)32(39)21-23(33)7-10-31(32,3)25(24)8-9-30(26,29)2/h23-29,39H,7-21H2,1-6H3/q+1/t23?,24-,25+,26+,27+,28-,29+,30+,31-,32+/m1/s1. The van der Waals surface area contributed by atoms with Gasteiger partial charge < -0.3 is 19.2 Å². The molecule has 4 saturated carbocycles. The molecule has 6 rings (SSSR count). The maximum absolute atomic E-state index is 12.9. The quantitative estimate of drug-likeness (QED) is 0.295. The molecule has 0 spiro atoms. The number of hydrogen-bond acceptors (Lipinski definition) is 6. The zero-order valence-electron chi connectivity index (χ0n) is 26.1. The highest BCUT2D eigenvalue weighted by Crippen LogP contribution is 2.68. The van der Waals surface area contributed by atoms with Crippen LogP contribution in [0.15, 0.2) is 0 Å². The number of likely N-dealkylation sites (N-methyl/N-ethyl adjacent to an activating group) is 2. The molecular formula is C32H56BrN4O3+. The van der Waals surface area contributed by atoms with Crippen molar-refractivity contribution in [2.45, 2.75) is 94.3 Å². The van der Waals surface area contributed by atoms with Crippen LogP contribution in [0.3, 0.4) is 0 Å². The van der Waals surface area contributed by atoms with Crippen molar-refractivity contribution >= 4 is 21.9 Å². The Labute approximate surface area is 251 Å². The number of hydrogen-bond donors (Lipinski definition) is 1. The van der Waals surface area contributed by atoms with E-state index in [4.69, 9.17) is 4.74 Å². The summed E-state index contributed by atoms with van der Waals surface area (Å²) in [6.45, 7) is 15.3. The zero-order valence-corrected chi connectivity index (χ0v) is 27.7. The third kappa shape index (κ3) is 4.74. The summed E-state index contributed by atoms with van der Waals surface area (Å²) in [5.41, 5.74) is -0.727. The van der Waals surface area contributed by atoms with Gasteiger partial charge in [-0.2, -0.15) is 0 Å². The molecule has 228 valence electrons. The first-order chi connectivity index (χ1) is 18.8. The minimum absolute atomic E-state index is 0.00440. The molecule has 10 atom stereocenters. The molecule has 0 aromatic rings. The molecular weight excluding hydrogens is 568 g/mol. The minimum Gasteiger partial charge on any atom is -0.460 e. The Kier molecular flexibility index (Phi) is 7.77. The van der Waals surface area contributed by atoms with E-state index in [0.29, 0.717) is 28.6 Å². The second kappa shape index (κ2) is 10.4. The molecule has 1 N–H and O–H groups in total. The van der Waals surface area contributed by atoms with Crippen LogP contribution in [0.5, 0.6) is 0 Å². The van der Waals surface area contributed by atoms with Crippen molar-refractivity contribution in [3.63, 3.8) is 0 Å². The van der Waals surface area contributed by atoms with Crippen LogP contribution in [0.4, 0.5) is 0 Å². The Morgan fingerprint density at radius 3 is 2.27 bits per heavy atom. The average Bonchev–Trinajstić information content (AvgIpc) is 3.17. The second-order valence-corrected chi connectivity index (χ2v) is 17.2. The fraction of sp³-hybridized carbons (Fsp3) is 0.969. The van der Waals surface area contributed by atoms with E-state index in [-0.39, 0.29) is 28.9 Å². The van der Waals surface area contributed by atoms with Crippen molar-refractivity contribution in [2.75, 3.05) is 73.5 Å². The van der Waals surface area contributed by atoms with Crippen LogP contribution in [0, 0.1) is 28.6 Å². The molecule has 0 amide bonds. The summed E-state index contributed by atoms with van der Waals surface area (Å²) in [6, 6.07) is 0.515. The molecule has 4 aliphatic carbocycles. The monoisotopic (exact) mass is 623 g/mol. The van der Waals surface area contributed by atoms with E-state index < -0.39 is 5.60 Å². The van der Waals surface area contributed by atoms with Crippen molar-refractivity contribution in [3.8, 4) is 0 Å². The number of alkyl halides is 1. The van der Waals surface area contributed by atoms with Gasteiger partial charge in [0.15, 0.2) is 0 Å². The molecule has 6 fully saturated rings. The van der Waals surface area contributed by atoms with Crippen LogP contribution in [-0.4, -0.2) is 132 Å². The molecule has 40 heavy (non-hydrogen) atoms. The number of ether oxygens (including phenoxy) is 1. The molecule has 0 aromatic carbocycles. The number of fused-ring (bicyclic) bond motifs is 5. The van der Waals surface area contributed by atoms with E-state index >= 15 is 0 Å². The van der Waals surface area contributed by atoms with Gasteiger partial charge in [-0.25, -0.2) is 0 Å². The van der Waals surface area contributed by atoms with E-state index in [1.165, 1.54) is 0 Å². The summed E-state index contributed by atoms with van der Waals surface area (Å²) in [4.78, 5) is 20.7. The van der Waals surface area contributed by atoms with Crippen LogP contribution in [0.25, 0.3) is 0 Å². The molecule has 0 aromatic heterocycles. The van der Waals surface area contributed by atoms with Crippen LogP contribution in [0.1, 0.15) is 65.7 Å². The first-order valence-electron chi connectivity index (χ1n) is 16.3. The maximum atomic E-state index is 12.9. The number of aliphatic hydroxyl groups is 1. The van der Waals surface area contributed by atoms with Crippen LogP contribution >= 0.6 is 15.9 Å². The van der Waals surface area contributed by atoms with Gasteiger partial charge in [0.05, 0.1) is 32.8 Å². The van der Waals surface area contributed by atoms with Gasteiger partial charge in [-0.1, -0.05) is 29.8 Å². The first kappa shape index (κ1) is 29.8. The highest BCUT2D eigenvalue weighted by molar-refractivity contribution is 9.09. The second-order valence-electron chi connectivity index (χ2n) is 15.9. The predicted octanol–water partition coefficient (Wildman–Crippen LogP) is 3.44. The molecule has 0 bridgehead atoms. The summed E-state index contributed by atoms with van der Waals surface area (Å²) in [7, 11) is 6.90. The Hall–Kier alpha value is -0.250. The molecule has 1 unspecified atom stereocenters. The van der Waals surface area contributed by atoms with Gasteiger partial charge >= 0.3 is 5.97 Å². The van der Waals surface area contributed by atoms with Gasteiger partial charge in [-0.15, -0.1) is 0 Å². The van der Waals surface area contributed by atoms with Gasteiger partial charge in [0, 0.05) is 73.9 Å². The normalized spacial score (nSPS) is 50.0. The molecule has 6 aliphatic rings. The van der Waals surface area contributed by atoms with E-state index in [9.17, 15) is 9.90 Å². The largest absolute Gasteiger partial charge is 0.460 e. The number of rotatable bonds is 3. The van der Waals surface area contributed by atoms with Gasteiger partial charge in [-0.3, -0.25) is 14.6 Å². The van der Waals surface area contributed by atoms with Crippen LogP contribution < -0.4 is 0 Å². The lowest BCUT2D eigenvalue weighted by molar-refractivity contribution is -0.894.